The first-order chi connectivity index (χ1) is 16.3. The molecule has 4 nitrogen and oxygen atoms in total. The second-order valence-corrected chi connectivity index (χ2v) is 8.54. The number of fused-ring (bicyclic) bond motifs is 1. The fraction of sp³-hybridized carbons (Fsp3) is 0.346. The van der Waals surface area contributed by atoms with Crippen molar-refractivity contribution < 1.29 is 22.7 Å². The third kappa shape index (κ3) is 5.16. The van der Waals surface area contributed by atoms with Crippen molar-refractivity contribution in [3.63, 3.8) is 0 Å². The Kier molecular flexibility index (Phi) is 7.05. The zero-order valence-corrected chi connectivity index (χ0v) is 18.4. The number of hydrogen-bond donors (Lipinski definition) is 2. The standard InChI is InChI=1S/C26H25F4N3O/c27-23-7-6-21(19-3-1-2-4-20(19)23)25(34)9-12-32-18-10-13-33(14-11-18)24-8-5-17(16-31)15-22(24)26(28,29)30/h1-8,15,18,25,32,34H,9-14H2. The van der Waals surface area contributed by atoms with Crippen molar-refractivity contribution in [2.45, 2.75) is 37.6 Å². The van der Waals surface area contributed by atoms with E-state index in [9.17, 15) is 22.7 Å². The molecule has 2 N–H and O–H groups in total. The Bertz CT molecular complexity index is 1200. The minimum absolute atomic E-state index is 0.0138. The van der Waals surface area contributed by atoms with Gasteiger partial charge in [0.1, 0.15) is 5.82 Å². The molecule has 1 aliphatic rings. The van der Waals surface area contributed by atoms with Crippen LogP contribution in [0.4, 0.5) is 23.2 Å². The van der Waals surface area contributed by atoms with Crippen molar-refractivity contribution in [3.05, 3.63) is 77.1 Å². The van der Waals surface area contributed by atoms with Gasteiger partial charge in [-0.1, -0.05) is 30.3 Å². The van der Waals surface area contributed by atoms with Crippen molar-refractivity contribution in [2.75, 3.05) is 24.5 Å². The Morgan fingerprint density at radius 1 is 1.06 bits per heavy atom. The predicted molar refractivity (Wildman–Crippen MR) is 123 cm³/mol. The molecule has 1 heterocycles. The van der Waals surface area contributed by atoms with Crippen LogP contribution in [0.3, 0.4) is 0 Å². The number of nitriles is 1. The third-order valence-electron chi connectivity index (χ3n) is 6.38. The molecule has 3 aromatic carbocycles. The summed E-state index contributed by atoms with van der Waals surface area (Å²) in [4.78, 5) is 1.71. The molecule has 1 unspecified atom stereocenters. The molecule has 8 heteroatoms. The normalized spacial score (nSPS) is 15.9. The van der Waals surface area contributed by atoms with E-state index in [0.29, 0.717) is 55.2 Å². The van der Waals surface area contributed by atoms with Crippen LogP contribution in [-0.4, -0.2) is 30.8 Å². The molecular weight excluding hydrogens is 446 g/mol. The van der Waals surface area contributed by atoms with Gasteiger partial charge in [-0.3, -0.25) is 0 Å². The van der Waals surface area contributed by atoms with Crippen LogP contribution >= 0.6 is 0 Å². The molecule has 178 valence electrons. The minimum atomic E-state index is -4.53. The van der Waals surface area contributed by atoms with Crippen LogP contribution in [0.2, 0.25) is 0 Å². The number of anilines is 1. The first-order valence-electron chi connectivity index (χ1n) is 11.2. The minimum Gasteiger partial charge on any atom is -0.388 e. The summed E-state index contributed by atoms with van der Waals surface area (Å²) in [5.41, 5.74) is -0.0228. The summed E-state index contributed by atoms with van der Waals surface area (Å²) in [6, 6.07) is 15.6. The van der Waals surface area contributed by atoms with Gasteiger partial charge in [0.05, 0.1) is 23.3 Å². The highest BCUT2D eigenvalue weighted by Crippen LogP contribution is 2.38. The average Bonchev–Trinajstić information content (AvgIpc) is 2.84. The largest absolute Gasteiger partial charge is 0.418 e. The van der Waals surface area contributed by atoms with E-state index in [1.54, 1.807) is 35.2 Å². The lowest BCUT2D eigenvalue weighted by molar-refractivity contribution is -0.137. The molecule has 1 aliphatic heterocycles. The van der Waals surface area contributed by atoms with Gasteiger partial charge in [-0.2, -0.15) is 18.4 Å². The van der Waals surface area contributed by atoms with Crippen LogP contribution in [0.1, 0.15) is 42.1 Å². The molecule has 1 atom stereocenters. The van der Waals surface area contributed by atoms with Gasteiger partial charge in [-0.15, -0.1) is 0 Å². The summed E-state index contributed by atoms with van der Waals surface area (Å²) in [6.07, 6.45) is -3.53. The molecule has 34 heavy (non-hydrogen) atoms. The second kappa shape index (κ2) is 10.00. The predicted octanol–water partition coefficient (Wildman–Crippen LogP) is 5.55. The molecule has 0 bridgehead atoms. The summed E-state index contributed by atoms with van der Waals surface area (Å²) < 4.78 is 54.5. The maximum atomic E-state index is 14.0. The van der Waals surface area contributed by atoms with Crippen molar-refractivity contribution in [1.82, 2.24) is 5.32 Å². The molecule has 0 aliphatic carbocycles. The SMILES string of the molecule is N#Cc1ccc(N2CCC(NCCC(O)c3ccc(F)c4ccccc34)CC2)c(C(F)(F)F)c1. The number of alkyl halides is 3. The maximum absolute atomic E-state index is 14.0. The van der Waals surface area contributed by atoms with Crippen LogP contribution in [0.15, 0.2) is 54.6 Å². The number of aliphatic hydroxyl groups is 1. The zero-order valence-electron chi connectivity index (χ0n) is 18.4. The smallest absolute Gasteiger partial charge is 0.388 e. The lowest BCUT2D eigenvalue weighted by Gasteiger charge is -2.35. The van der Waals surface area contributed by atoms with Crippen LogP contribution in [-0.2, 0) is 6.18 Å². The Morgan fingerprint density at radius 3 is 2.44 bits per heavy atom. The Labute approximate surface area is 195 Å². The van der Waals surface area contributed by atoms with E-state index in [0.717, 1.165) is 6.07 Å². The molecule has 3 aromatic rings. The van der Waals surface area contributed by atoms with Gasteiger partial charge in [0.15, 0.2) is 0 Å². The summed E-state index contributed by atoms with van der Waals surface area (Å²) in [7, 11) is 0. The molecule has 1 fully saturated rings. The van der Waals surface area contributed by atoms with Crippen molar-refractivity contribution >= 4 is 16.5 Å². The molecule has 0 aromatic heterocycles. The van der Waals surface area contributed by atoms with Crippen LogP contribution in [0, 0.1) is 17.1 Å². The number of halogens is 4. The van der Waals surface area contributed by atoms with Gasteiger partial charge in [0, 0.05) is 30.2 Å². The summed E-state index contributed by atoms with van der Waals surface area (Å²) in [5, 5.41) is 24.2. The molecule has 0 spiro atoms. The summed E-state index contributed by atoms with van der Waals surface area (Å²) in [5.74, 6) is -0.327. The van der Waals surface area contributed by atoms with E-state index >= 15 is 0 Å². The van der Waals surface area contributed by atoms with E-state index in [2.05, 4.69) is 5.32 Å². The second-order valence-electron chi connectivity index (χ2n) is 8.54. The summed E-state index contributed by atoms with van der Waals surface area (Å²) >= 11 is 0. The molecule has 1 saturated heterocycles. The highest BCUT2D eigenvalue weighted by Gasteiger charge is 2.36. The molecule has 4 rings (SSSR count). The lowest BCUT2D eigenvalue weighted by atomic mass is 9.98. The monoisotopic (exact) mass is 471 g/mol. The van der Waals surface area contributed by atoms with E-state index < -0.39 is 17.8 Å². The van der Waals surface area contributed by atoms with Gasteiger partial charge in [0.2, 0.25) is 0 Å². The van der Waals surface area contributed by atoms with E-state index in [1.165, 1.54) is 18.2 Å². The zero-order chi connectivity index (χ0) is 24.3. The molecule has 0 amide bonds. The Hall–Kier alpha value is -3.15. The van der Waals surface area contributed by atoms with E-state index in [1.807, 2.05) is 6.07 Å². The third-order valence-corrected chi connectivity index (χ3v) is 6.38. The van der Waals surface area contributed by atoms with Crippen molar-refractivity contribution in [1.29, 1.82) is 5.26 Å². The number of piperidine rings is 1. The lowest BCUT2D eigenvalue weighted by Crippen LogP contribution is -2.43. The van der Waals surface area contributed by atoms with Crippen LogP contribution in [0.5, 0.6) is 0 Å². The number of aliphatic hydroxyl groups excluding tert-OH is 1. The van der Waals surface area contributed by atoms with E-state index in [4.69, 9.17) is 5.26 Å². The average molecular weight is 471 g/mol. The fourth-order valence-electron chi connectivity index (χ4n) is 4.59. The number of nitrogens with zero attached hydrogens (tertiary/aromatic N) is 2. The summed E-state index contributed by atoms with van der Waals surface area (Å²) in [6.45, 7) is 1.44. The molecule has 0 radical (unpaired) electrons. The quantitative estimate of drug-likeness (QED) is 0.463. The number of hydrogen-bond acceptors (Lipinski definition) is 4. The first-order valence-corrected chi connectivity index (χ1v) is 11.2. The van der Waals surface area contributed by atoms with Gasteiger partial charge < -0.3 is 15.3 Å². The van der Waals surface area contributed by atoms with Crippen molar-refractivity contribution in [2.24, 2.45) is 0 Å². The Balaban J connectivity index is 1.33. The fourth-order valence-corrected chi connectivity index (χ4v) is 4.59. The highest BCUT2D eigenvalue weighted by molar-refractivity contribution is 5.86. The molecule has 0 saturated carbocycles. The highest BCUT2D eigenvalue weighted by atomic mass is 19.4. The number of nitrogens with one attached hydrogen (secondary N) is 1. The number of benzene rings is 3. The molecular formula is C26H25F4N3O. The first kappa shape index (κ1) is 24.0. The maximum Gasteiger partial charge on any atom is 0.418 e. The van der Waals surface area contributed by atoms with Gasteiger partial charge >= 0.3 is 6.18 Å². The van der Waals surface area contributed by atoms with Crippen LogP contribution < -0.4 is 10.2 Å². The van der Waals surface area contributed by atoms with Crippen LogP contribution in [0.25, 0.3) is 10.8 Å². The van der Waals surface area contributed by atoms with Gasteiger partial charge in [-0.25, -0.2) is 4.39 Å². The van der Waals surface area contributed by atoms with Gasteiger partial charge in [-0.05, 0) is 61.0 Å². The number of rotatable bonds is 6. The van der Waals surface area contributed by atoms with E-state index in [-0.39, 0.29) is 23.1 Å². The Morgan fingerprint density at radius 2 is 1.76 bits per heavy atom. The topological polar surface area (TPSA) is 59.3 Å². The van der Waals surface area contributed by atoms with Gasteiger partial charge in [0.25, 0.3) is 0 Å². The van der Waals surface area contributed by atoms with Crippen molar-refractivity contribution in [3.8, 4) is 6.07 Å².